The molecule has 0 saturated carbocycles. The summed E-state index contributed by atoms with van der Waals surface area (Å²) in [6.45, 7) is 1.50. The van der Waals surface area contributed by atoms with Gasteiger partial charge >= 0.3 is 11.9 Å². The van der Waals surface area contributed by atoms with Crippen LogP contribution in [0.15, 0.2) is 35.2 Å². The lowest BCUT2D eigenvalue weighted by atomic mass is 10.2. The van der Waals surface area contributed by atoms with E-state index in [9.17, 15) is 9.59 Å². The van der Waals surface area contributed by atoms with Crippen molar-refractivity contribution in [2.45, 2.75) is 13.5 Å². The second-order valence-electron chi connectivity index (χ2n) is 4.67. The number of nitrogens with zero attached hydrogens (tertiary/aromatic N) is 3. The van der Waals surface area contributed by atoms with E-state index in [1.807, 2.05) is 0 Å². The molecule has 0 saturated heterocycles. The Morgan fingerprint density at radius 2 is 2.17 bits per heavy atom. The molecule has 0 atom stereocenters. The Balaban J connectivity index is 1.81. The Morgan fingerprint density at radius 3 is 2.96 bits per heavy atom. The number of carbonyl (C=O) groups is 2. The van der Waals surface area contributed by atoms with Gasteiger partial charge in [-0.3, -0.25) is 0 Å². The molecular weight excluding hydrogens is 302 g/mol. The van der Waals surface area contributed by atoms with Crippen molar-refractivity contribution in [1.82, 2.24) is 14.6 Å². The van der Waals surface area contributed by atoms with E-state index >= 15 is 0 Å². The summed E-state index contributed by atoms with van der Waals surface area (Å²) in [6, 6.07) is 3.16. The lowest BCUT2D eigenvalue weighted by Gasteiger charge is -2.04. The zero-order chi connectivity index (χ0) is 16.4. The molecule has 118 valence electrons. The number of furan rings is 1. The van der Waals surface area contributed by atoms with E-state index in [4.69, 9.17) is 9.15 Å². The first-order chi connectivity index (χ1) is 11.1. The van der Waals surface area contributed by atoms with Crippen molar-refractivity contribution in [2.75, 3.05) is 7.11 Å². The number of methoxy groups -OCH3 is 1. The van der Waals surface area contributed by atoms with Crippen LogP contribution in [0.5, 0.6) is 0 Å². The molecule has 0 unspecified atom stereocenters. The minimum atomic E-state index is -0.594. The van der Waals surface area contributed by atoms with Gasteiger partial charge in [0, 0.05) is 12.4 Å². The third kappa shape index (κ3) is 2.66. The second-order valence-corrected chi connectivity index (χ2v) is 4.67. The molecule has 0 radical (unpaired) electrons. The largest absolute Gasteiger partial charge is 0.465 e. The van der Waals surface area contributed by atoms with Crippen LogP contribution in [-0.4, -0.2) is 33.6 Å². The number of aryl methyl sites for hydroxylation is 1. The summed E-state index contributed by atoms with van der Waals surface area (Å²) in [7, 11) is 1.26. The van der Waals surface area contributed by atoms with Gasteiger partial charge in [-0.25, -0.2) is 19.1 Å². The summed E-state index contributed by atoms with van der Waals surface area (Å²) in [5.41, 5.74) is 1.40. The summed E-state index contributed by atoms with van der Waals surface area (Å²) in [5, 5.41) is 4.19. The Bertz CT molecular complexity index is 880. The van der Waals surface area contributed by atoms with Crippen LogP contribution in [0.25, 0.3) is 5.65 Å². The number of hydrogen-bond acceptors (Lipinski definition) is 7. The first-order valence-electron chi connectivity index (χ1n) is 6.73. The number of hydrogen-bond donors (Lipinski definition) is 0. The van der Waals surface area contributed by atoms with Gasteiger partial charge in [0.1, 0.15) is 11.1 Å². The van der Waals surface area contributed by atoms with Crippen LogP contribution in [0.3, 0.4) is 0 Å². The molecule has 0 bridgehead atoms. The van der Waals surface area contributed by atoms with E-state index in [0.29, 0.717) is 11.3 Å². The third-order valence-corrected chi connectivity index (χ3v) is 3.26. The van der Waals surface area contributed by atoms with Gasteiger partial charge in [0.15, 0.2) is 18.0 Å². The molecule has 0 N–H and O–H groups in total. The number of fused-ring (bicyclic) bond motifs is 1. The van der Waals surface area contributed by atoms with Crippen LogP contribution in [0, 0.1) is 6.92 Å². The maximum absolute atomic E-state index is 12.3. The molecule has 8 heteroatoms. The molecule has 8 nitrogen and oxygen atoms in total. The molecule has 0 spiro atoms. The molecule has 3 rings (SSSR count). The van der Waals surface area contributed by atoms with Gasteiger partial charge in [0.25, 0.3) is 0 Å². The van der Waals surface area contributed by atoms with E-state index < -0.39 is 11.9 Å². The number of ether oxygens (including phenoxy) is 2. The number of esters is 2. The average molecular weight is 315 g/mol. The molecule has 3 aromatic rings. The van der Waals surface area contributed by atoms with Crippen molar-refractivity contribution < 1.29 is 23.5 Å². The number of carbonyl (C=O) groups excluding carboxylic acids is 2. The Kier molecular flexibility index (Phi) is 3.80. The van der Waals surface area contributed by atoms with E-state index in [0.717, 1.165) is 0 Å². The van der Waals surface area contributed by atoms with Crippen LogP contribution in [-0.2, 0) is 16.1 Å². The fourth-order valence-corrected chi connectivity index (χ4v) is 2.18. The van der Waals surface area contributed by atoms with E-state index in [1.165, 1.54) is 24.0 Å². The zero-order valence-electron chi connectivity index (χ0n) is 12.5. The zero-order valence-corrected chi connectivity index (χ0v) is 12.5. The summed E-state index contributed by atoms with van der Waals surface area (Å²) < 4.78 is 16.5. The highest BCUT2D eigenvalue weighted by Crippen LogP contribution is 2.17. The van der Waals surface area contributed by atoms with Crippen LogP contribution in [0.2, 0.25) is 0 Å². The maximum Gasteiger partial charge on any atom is 0.344 e. The van der Waals surface area contributed by atoms with Crippen molar-refractivity contribution in [3.63, 3.8) is 0 Å². The lowest BCUT2D eigenvalue weighted by molar-refractivity contribution is 0.0433. The van der Waals surface area contributed by atoms with Gasteiger partial charge in [-0.15, -0.1) is 0 Å². The van der Waals surface area contributed by atoms with Crippen molar-refractivity contribution in [2.24, 2.45) is 0 Å². The van der Waals surface area contributed by atoms with Gasteiger partial charge < -0.3 is 13.9 Å². The molecule has 23 heavy (non-hydrogen) atoms. The smallest absolute Gasteiger partial charge is 0.344 e. The lowest BCUT2D eigenvalue weighted by Crippen LogP contribution is -2.09. The van der Waals surface area contributed by atoms with Gasteiger partial charge in [0.2, 0.25) is 0 Å². The van der Waals surface area contributed by atoms with Gasteiger partial charge in [-0.2, -0.15) is 5.10 Å². The SMILES string of the molecule is COC(=O)c1ccoc1COC(=O)c1c(C)nn2cccnc12. The standard InChI is InChI=1S/C15H13N3O5/c1-9-12(13-16-5-3-6-18(13)17-9)15(20)23-8-11-10(4-7-22-11)14(19)21-2/h3-7H,8H2,1-2H3. The molecule has 0 aliphatic heterocycles. The highest BCUT2D eigenvalue weighted by Gasteiger charge is 2.22. The molecule has 0 amide bonds. The average Bonchev–Trinajstić information content (AvgIpc) is 3.15. The van der Waals surface area contributed by atoms with E-state index in [1.54, 1.807) is 25.4 Å². The van der Waals surface area contributed by atoms with Crippen molar-refractivity contribution in [3.05, 3.63) is 53.4 Å². The van der Waals surface area contributed by atoms with Crippen molar-refractivity contribution in [1.29, 1.82) is 0 Å². The Hall–Kier alpha value is -3.16. The molecule has 0 aromatic carbocycles. The predicted octanol–water partition coefficient (Wildman–Crippen LogP) is 1.77. The predicted molar refractivity (Wildman–Crippen MR) is 76.9 cm³/mol. The van der Waals surface area contributed by atoms with E-state index in [2.05, 4.69) is 14.8 Å². The molecule has 3 heterocycles. The fourth-order valence-electron chi connectivity index (χ4n) is 2.18. The fraction of sp³-hybridized carbons (Fsp3) is 0.200. The van der Waals surface area contributed by atoms with Crippen molar-refractivity contribution in [3.8, 4) is 0 Å². The molecular formula is C15H13N3O5. The topological polar surface area (TPSA) is 95.9 Å². The molecule has 0 aliphatic carbocycles. The summed E-state index contributed by atoms with van der Waals surface area (Å²) in [6.07, 6.45) is 4.58. The van der Waals surface area contributed by atoms with Gasteiger partial charge in [-0.05, 0) is 19.1 Å². The maximum atomic E-state index is 12.3. The first kappa shape index (κ1) is 14.8. The van der Waals surface area contributed by atoms with Gasteiger partial charge in [0.05, 0.1) is 19.1 Å². The highest BCUT2D eigenvalue weighted by atomic mass is 16.5. The minimum absolute atomic E-state index is 0.195. The van der Waals surface area contributed by atoms with E-state index in [-0.39, 0.29) is 23.5 Å². The first-order valence-corrected chi connectivity index (χ1v) is 6.73. The Morgan fingerprint density at radius 1 is 1.35 bits per heavy atom. The summed E-state index contributed by atoms with van der Waals surface area (Å²) >= 11 is 0. The van der Waals surface area contributed by atoms with Crippen LogP contribution < -0.4 is 0 Å². The monoisotopic (exact) mass is 315 g/mol. The normalized spacial score (nSPS) is 10.7. The summed E-state index contributed by atoms with van der Waals surface area (Å²) in [4.78, 5) is 28.0. The Labute approximate surface area is 130 Å². The number of aromatic nitrogens is 3. The van der Waals surface area contributed by atoms with Crippen LogP contribution >= 0.6 is 0 Å². The quantitative estimate of drug-likeness (QED) is 0.677. The minimum Gasteiger partial charge on any atom is -0.465 e. The summed E-state index contributed by atoms with van der Waals surface area (Å²) in [5.74, 6) is -0.936. The van der Waals surface area contributed by atoms with Gasteiger partial charge in [-0.1, -0.05) is 0 Å². The van der Waals surface area contributed by atoms with Crippen LogP contribution in [0.1, 0.15) is 32.2 Å². The molecule has 0 fully saturated rings. The molecule has 3 aromatic heterocycles. The van der Waals surface area contributed by atoms with Crippen molar-refractivity contribution >= 4 is 17.6 Å². The third-order valence-electron chi connectivity index (χ3n) is 3.26. The molecule has 0 aliphatic rings. The number of rotatable bonds is 4. The second kappa shape index (κ2) is 5.91. The van der Waals surface area contributed by atoms with Crippen LogP contribution in [0.4, 0.5) is 0 Å². The highest BCUT2D eigenvalue weighted by molar-refractivity contribution is 5.97.